The van der Waals surface area contributed by atoms with E-state index in [9.17, 15) is 4.79 Å². The van der Waals surface area contributed by atoms with E-state index in [-0.39, 0.29) is 17.7 Å². The van der Waals surface area contributed by atoms with E-state index < -0.39 is 0 Å². The number of nitrogen functional groups attached to an aromatic ring is 1. The van der Waals surface area contributed by atoms with Crippen molar-refractivity contribution in [3.63, 3.8) is 0 Å². The van der Waals surface area contributed by atoms with Crippen molar-refractivity contribution < 1.29 is 4.79 Å². The Morgan fingerprint density at radius 3 is 2.80 bits per heavy atom. The molecule has 0 unspecified atom stereocenters. The summed E-state index contributed by atoms with van der Waals surface area (Å²) in [6, 6.07) is 4.20. The van der Waals surface area contributed by atoms with E-state index in [4.69, 9.17) is 5.73 Å². The van der Waals surface area contributed by atoms with E-state index in [1.54, 1.807) is 16.2 Å². The number of amides is 1. The zero-order valence-electron chi connectivity index (χ0n) is 11.0. The van der Waals surface area contributed by atoms with Gasteiger partial charge in [0.25, 0.3) is 5.91 Å². The summed E-state index contributed by atoms with van der Waals surface area (Å²) >= 11 is 1.76. The Balaban J connectivity index is 1.54. The van der Waals surface area contributed by atoms with Crippen LogP contribution in [0.4, 0.5) is 5.95 Å². The van der Waals surface area contributed by atoms with E-state index >= 15 is 0 Å². The first kappa shape index (κ1) is 13.1. The molecule has 1 fully saturated rings. The maximum absolute atomic E-state index is 12.2. The molecule has 0 aromatic carbocycles. The molecular weight excluding hydrogens is 276 g/mol. The smallest absolute Gasteiger partial charge is 0.291 e. The quantitative estimate of drug-likeness (QED) is 0.855. The molecule has 20 heavy (non-hydrogen) atoms. The van der Waals surface area contributed by atoms with Gasteiger partial charge in [-0.15, -0.1) is 16.4 Å². The number of hydrogen-bond acceptors (Lipinski definition) is 6. The number of thiophene rings is 1. The van der Waals surface area contributed by atoms with E-state index in [0.29, 0.717) is 13.1 Å². The first-order valence-corrected chi connectivity index (χ1v) is 7.32. The van der Waals surface area contributed by atoms with Gasteiger partial charge in [0.05, 0.1) is 0 Å². The second kappa shape index (κ2) is 5.59. The lowest BCUT2D eigenvalue weighted by Crippen LogP contribution is -2.48. The van der Waals surface area contributed by atoms with Crippen LogP contribution in [0.25, 0.3) is 0 Å². The van der Waals surface area contributed by atoms with Gasteiger partial charge in [-0.1, -0.05) is 6.07 Å². The summed E-state index contributed by atoms with van der Waals surface area (Å²) in [5, 5.41) is 8.33. The van der Waals surface area contributed by atoms with E-state index in [1.165, 1.54) is 4.88 Å². The third kappa shape index (κ3) is 2.81. The summed E-state index contributed by atoms with van der Waals surface area (Å²) < 4.78 is 0. The van der Waals surface area contributed by atoms with E-state index in [0.717, 1.165) is 19.6 Å². The molecule has 0 aliphatic carbocycles. The maximum Gasteiger partial charge on any atom is 0.291 e. The normalized spacial score (nSPS) is 16.5. The molecule has 8 heteroatoms. The number of H-pyrrole nitrogens is 1. The van der Waals surface area contributed by atoms with E-state index in [1.807, 2.05) is 0 Å². The molecule has 3 rings (SSSR count). The van der Waals surface area contributed by atoms with Crippen LogP contribution in [0.1, 0.15) is 15.5 Å². The second-order valence-corrected chi connectivity index (χ2v) is 5.72. The Kier molecular flexibility index (Phi) is 3.66. The summed E-state index contributed by atoms with van der Waals surface area (Å²) in [6.45, 7) is 4.09. The molecule has 106 valence electrons. The van der Waals surface area contributed by atoms with Crippen molar-refractivity contribution in [1.82, 2.24) is 25.0 Å². The van der Waals surface area contributed by atoms with Crippen molar-refractivity contribution >= 4 is 23.2 Å². The number of aromatic nitrogens is 3. The molecule has 1 amide bonds. The first-order chi connectivity index (χ1) is 9.72. The third-order valence-corrected chi connectivity index (χ3v) is 4.19. The van der Waals surface area contributed by atoms with Gasteiger partial charge < -0.3 is 10.6 Å². The van der Waals surface area contributed by atoms with Crippen molar-refractivity contribution in [3.05, 3.63) is 28.2 Å². The number of nitrogens with zero attached hydrogens (tertiary/aromatic N) is 4. The predicted molar refractivity (Wildman–Crippen MR) is 76.3 cm³/mol. The molecule has 1 aliphatic heterocycles. The summed E-state index contributed by atoms with van der Waals surface area (Å²) in [5.74, 6) is 0.184. The molecular formula is C12H16N6OS. The molecule has 7 nitrogen and oxygen atoms in total. The van der Waals surface area contributed by atoms with Crippen LogP contribution in [0.15, 0.2) is 17.5 Å². The SMILES string of the molecule is Nc1n[nH]c(C(=O)N2CCN(Cc3cccs3)CC2)n1. The predicted octanol–water partition coefficient (Wildman–Crippen LogP) is 0.406. The van der Waals surface area contributed by atoms with Crippen LogP contribution in [-0.4, -0.2) is 57.1 Å². The van der Waals surface area contributed by atoms with Gasteiger partial charge >= 0.3 is 0 Å². The minimum atomic E-state index is -0.134. The third-order valence-electron chi connectivity index (χ3n) is 3.32. The molecule has 2 aromatic rings. The van der Waals surface area contributed by atoms with Crippen molar-refractivity contribution in [2.24, 2.45) is 0 Å². The molecule has 2 aromatic heterocycles. The highest BCUT2D eigenvalue weighted by atomic mass is 32.1. The molecule has 0 bridgehead atoms. The van der Waals surface area contributed by atoms with Gasteiger partial charge in [-0.05, 0) is 11.4 Å². The minimum absolute atomic E-state index is 0.102. The number of nitrogens with one attached hydrogen (secondary N) is 1. The lowest BCUT2D eigenvalue weighted by Gasteiger charge is -2.33. The number of rotatable bonds is 3. The lowest BCUT2D eigenvalue weighted by atomic mass is 10.3. The average Bonchev–Trinajstić information content (AvgIpc) is 3.10. The van der Waals surface area contributed by atoms with Crippen LogP contribution in [-0.2, 0) is 6.54 Å². The van der Waals surface area contributed by atoms with Crippen molar-refractivity contribution in [1.29, 1.82) is 0 Å². The maximum atomic E-state index is 12.2. The largest absolute Gasteiger partial charge is 0.366 e. The molecule has 1 saturated heterocycles. The Morgan fingerprint density at radius 2 is 2.20 bits per heavy atom. The fourth-order valence-corrected chi connectivity index (χ4v) is 3.00. The molecule has 0 spiro atoms. The van der Waals surface area contributed by atoms with Gasteiger partial charge in [0.2, 0.25) is 11.8 Å². The van der Waals surface area contributed by atoms with Crippen LogP contribution < -0.4 is 5.73 Å². The molecule has 0 radical (unpaired) electrons. The van der Waals surface area contributed by atoms with Gasteiger partial charge in [-0.2, -0.15) is 4.98 Å². The Bertz CT molecular complexity index is 573. The zero-order valence-corrected chi connectivity index (χ0v) is 11.8. The summed E-state index contributed by atoms with van der Waals surface area (Å²) in [4.78, 5) is 21.5. The topological polar surface area (TPSA) is 91.1 Å². The van der Waals surface area contributed by atoms with Crippen LogP contribution in [0, 0.1) is 0 Å². The van der Waals surface area contributed by atoms with Crippen LogP contribution in [0.5, 0.6) is 0 Å². The number of carbonyl (C=O) groups excluding carboxylic acids is 1. The number of piperazine rings is 1. The summed E-state index contributed by atoms with van der Waals surface area (Å²) in [5.41, 5.74) is 5.41. The number of hydrogen-bond donors (Lipinski definition) is 2. The standard InChI is InChI=1S/C12H16N6OS/c13-12-14-10(15-16-12)11(19)18-5-3-17(4-6-18)8-9-2-1-7-20-9/h1-2,7H,3-6,8H2,(H3,13,14,15,16). The van der Waals surface area contributed by atoms with Crippen LogP contribution in [0.2, 0.25) is 0 Å². The fraction of sp³-hybridized carbons (Fsp3) is 0.417. The highest BCUT2D eigenvalue weighted by Crippen LogP contribution is 2.14. The van der Waals surface area contributed by atoms with Crippen LogP contribution >= 0.6 is 11.3 Å². The fourth-order valence-electron chi connectivity index (χ4n) is 2.25. The monoisotopic (exact) mass is 292 g/mol. The van der Waals surface area contributed by atoms with Gasteiger partial charge in [0.1, 0.15) is 0 Å². The summed E-state index contributed by atoms with van der Waals surface area (Å²) in [7, 11) is 0. The molecule has 3 heterocycles. The number of aromatic amines is 1. The van der Waals surface area contributed by atoms with Gasteiger partial charge in [0, 0.05) is 37.6 Å². The molecule has 0 saturated carbocycles. The van der Waals surface area contributed by atoms with E-state index in [2.05, 4.69) is 37.6 Å². The highest BCUT2D eigenvalue weighted by molar-refractivity contribution is 7.09. The number of anilines is 1. The molecule has 1 aliphatic rings. The lowest BCUT2D eigenvalue weighted by molar-refractivity contribution is 0.0618. The summed E-state index contributed by atoms with van der Waals surface area (Å²) in [6.07, 6.45) is 0. The Labute approximate surface area is 120 Å². The second-order valence-electron chi connectivity index (χ2n) is 4.69. The van der Waals surface area contributed by atoms with Gasteiger partial charge in [0.15, 0.2) is 0 Å². The van der Waals surface area contributed by atoms with Gasteiger partial charge in [-0.3, -0.25) is 14.8 Å². The zero-order chi connectivity index (χ0) is 13.9. The van der Waals surface area contributed by atoms with Gasteiger partial charge in [-0.25, -0.2) is 0 Å². The highest BCUT2D eigenvalue weighted by Gasteiger charge is 2.24. The number of carbonyl (C=O) groups is 1. The van der Waals surface area contributed by atoms with Crippen molar-refractivity contribution in [2.75, 3.05) is 31.9 Å². The minimum Gasteiger partial charge on any atom is -0.366 e. The first-order valence-electron chi connectivity index (χ1n) is 6.44. The van der Waals surface area contributed by atoms with Crippen LogP contribution in [0.3, 0.4) is 0 Å². The Hall–Kier alpha value is -1.93. The number of nitrogens with two attached hydrogens (primary N) is 1. The van der Waals surface area contributed by atoms with Crippen molar-refractivity contribution in [3.8, 4) is 0 Å². The molecule has 3 N–H and O–H groups in total. The average molecular weight is 292 g/mol. The Morgan fingerprint density at radius 1 is 1.40 bits per heavy atom. The molecule has 0 atom stereocenters. The van der Waals surface area contributed by atoms with Crippen molar-refractivity contribution in [2.45, 2.75) is 6.54 Å².